The van der Waals surface area contributed by atoms with Gasteiger partial charge < -0.3 is 15.6 Å². The number of aromatic amines is 1. The van der Waals surface area contributed by atoms with Crippen LogP contribution in [0.5, 0.6) is 0 Å². The number of benzene rings is 1. The zero-order chi connectivity index (χ0) is 18.7. The van der Waals surface area contributed by atoms with E-state index in [0.29, 0.717) is 5.56 Å². The first-order valence-electron chi connectivity index (χ1n) is 7.40. The third kappa shape index (κ3) is 4.10. The van der Waals surface area contributed by atoms with Crippen molar-refractivity contribution < 1.29 is 18.0 Å². The van der Waals surface area contributed by atoms with E-state index in [4.69, 9.17) is 0 Å². The van der Waals surface area contributed by atoms with Gasteiger partial charge in [-0.2, -0.15) is 13.2 Å². The van der Waals surface area contributed by atoms with Crippen LogP contribution in [-0.2, 0) is 6.18 Å². The molecule has 1 amide bonds. The van der Waals surface area contributed by atoms with E-state index in [0.717, 1.165) is 4.47 Å². The fourth-order valence-corrected chi connectivity index (χ4v) is 2.41. The molecule has 1 aromatic carbocycles. The van der Waals surface area contributed by atoms with Gasteiger partial charge in [-0.1, -0.05) is 15.9 Å². The summed E-state index contributed by atoms with van der Waals surface area (Å²) in [6, 6.07) is 6.78. The zero-order valence-corrected chi connectivity index (χ0v) is 14.6. The number of nitrogens with one attached hydrogen (secondary N) is 3. The Hall–Kier alpha value is -2.69. The van der Waals surface area contributed by atoms with Crippen LogP contribution in [0.4, 0.5) is 19.0 Å². The minimum atomic E-state index is -4.68. The SMILES string of the molecule is O=C(NCCNc1nc(C(F)(F)F)nc2nc[nH]c12)c1ccc(Br)cc1. The van der Waals surface area contributed by atoms with Gasteiger partial charge >= 0.3 is 6.18 Å². The fourth-order valence-electron chi connectivity index (χ4n) is 2.15. The summed E-state index contributed by atoms with van der Waals surface area (Å²) in [6.07, 6.45) is -3.45. The van der Waals surface area contributed by atoms with Crippen LogP contribution in [0.3, 0.4) is 0 Å². The molecule has 0 bridgehead atoms. The fraction of sp³-hybridized carbons (Fsp3) is 0.200. The lowest BCUT2D eigenvalue weighted by molar-refractivity contribution is -0.144. The number of carbonyl (C=O) groups is 1. The lowest BCUT2D eigenvalue weighted by atomic mass is 10.2. The van der Waals surface area contributed by atoms with Crippen molar-refractivity contribution in [3.05, 3.63) is 46.5 Å². The van der Waals surface area contributed by atoms with Crippen LogP contribution < -0.4 is 10.6 Å². The zero-order valence-electron chi connectivity index (χ0n) is 13.1. The second-order valence-electron chi connectivity index (χ2n) is 5.18. The van der Waals surface area contributed by atoms with Crippen LogP contribution in [0.1, 0.15) is 16.2 Å². The molecule has 0 spiro atoms. The van der Waals surface area contributed by atoms with E-state index in [-0.39, 0.29) is 36.0 Å². The summed E-state index contributed by atoms with van der Waals surface area (Å²) in [4.78, 5) is 25.3. The molecule has 136 valence electrons. The van der Waals surface area contributed by atoms with Crippen molar-refractivity contribution in [2.24, 2.45) is 0 Å². The summed E-state index contributed by atoms with van der Waals surface area (Å²) in [5.41, 5.74) is 0.650. The highest BCUT2D eigenvalue weighted by molar-refractivity contribution is 9.10. The molecule has 26 heavy (non-hydrogen) atoms. The van der Waals surface area contributed by atoms with Crippen LogP contribution >= 0.6 is 15.9 Å². The van der Waals surface area contributed by atoms with Crippen molar-refractivity contribution in [2.45, 2.75) is 6.18 Å². The number of nitrogens with zero attached hydrogens (tertiary/aromatic N) is 3. The van der Waals surface area contributed by atoms with Gasteiger partial charge in [-0.3, -0.25) is 4.79 Å². The Morgan fingerprint density at radius 1 is 1.15 bits per heavy atom. The maximum Gasteiger partial charge on any atom is 0.451 e. The van der Waals surface area contributed by atoms with Crippen molar-refractivity contribution in [3.8, 4) is 0 Å². The average Bonchev–Trinajstić information content (AvgIpc) is 3.07. The third-order valence-electron chi connectivity index (χ3n) is 3.35. The molecule has 7 nitrogen and oxygen atoms in total. The molecule has 3 N–H and O–H groups in total. The standard InChI is InChI=1S/C15H12BrF3N6O/c16-9-3-1-8(2-4-9)13(26)21-6-5-20-11-10-12(23-7-22-10)25-14(24-11)15(17,18)19/h1-4,7H,5-6H2,(H,21,26)(H2,20,22,23,24,25). The molecule has 11 heteroatoms. The second kappa shape index (κ2) is 7.28. The number of fused-ring (bicyclic) bond motifs is 1. The second-order valence-corrected chi connectivity index (χ2v) is 6.10. The highest BCUT2D eigenvalue weighted by Crippen LogP contribution is 2.29. The van der Waals surface area contributed by atoms with Crippen molar-refractivity contribution in [1.29, 1.82) is 0 Å². The van der Waals surface area contributed by atoms with Crippen LogP contribution in [0.2, 0.25) is 0 Å². The molecule has 0 aliphatic rings. The molecule has 0 fully saturated rings. The summed E-state index contributed by atoms with van der Waals surface area (Å²) in [7, 11) is 0. The number of aromatic nitrogens is 4. The summed E-state index contributed by atoms with van der Waals surface area (Å²) in [6.45, 7) is 0.362. The van der Waals surface area contributed by atoms with Crippen molar-refractivity contribution >= 4 is 38.8 Å². The molecule has 2 aromatic heterocycles. The van der Waals surface area contributed by atoms with Gasteiger partial charge in [-0.05, 0) is 24.3 Å². The number of imidazole rings is 1. The quantitative estimate of drug-likeness (QED) is 0.543. The third-order valence-corrected chi connectivity index (χ3v) is 3.88. The maximum absolute atomic E-state index is 12.9. The number of anilines is 1. The molecular weight excluding hydrogens is 417 g/mol. The Balaban J connectivity index is 1.63. The number of hydrogen-bond donors (Lipinski definition) is 3. The normalized spacial score (nSPS) is 11.5. The van der Waals surface area contributed by atoms with Crippen molar-refractivity contribution in [1.82, 2.24) is 25.3 Å². The largest absolute Gasteiger partial charge is 0.451 e. The van der Waals surface area contributed by atoms with E-state index in [1.165, 1.54) is 6.33 Å². The van der Waals surface area contributed by atoms with Crippen molar-refractivity contribution in [2.75, 3.05) is 18.4 Å². The van der Waals surface area contributed by atoms with Gasteiger partial charge in [-0.15, -0.1) is 0 Å². The van der Waals surface area contributed by atoms with E-state index in [1.807, 2.05) is 0 Å². The van der Waals surface area contributed by atoms with Crippen LogP contribution in [0.15, 0.2) is 35.1 Å². The number of halogens is 4. The van der Waals surface area contributed by atoms with E-state index in [9.17, 15) is 18.0 Å². The molecule has 0 aliphatic carbocycles. The number of hydrogen-bond acceptors (Lipinski definition) is 5. The molecule has 0 unspecified atom stereocenters. The summed E-state index contributed by atoms with van der Waals surface area (Å²) < 4.78 is 39.4. The Bertz CT molecular complexity index is 925. The molecular formula is C15H12BrF3N6O. The van der Waals surface area contributed by atoms with E-state index >= 15 is 0 Å². The first kappa shape index (κ1) is 18.1. The first-order chi connectivity index (χ1) is 12.3. The maximum atomic E-state index is 12.9. The smallest absolute Gasteiger partial charge is 0.366 e. The molecule has 3 rings (SSSR count). The van der Waals surface area contributed by atoms with Crippen LogP contribution in [0.25, 0.3) is 11.2 Å². The molecule has 0 saturated carbocycles. The number of alkyl halides is 3. The van der Waals surface area contributed by atoms with Crippen LogP contribution in [0, 0.1) is 0 Å². The summed E-state index contributed by atoms with van der Waals surface area (Å²) >= 11 is 3.28. The highest BCUT2D eigenvalue weighted by Gasteiger charge is 2.36. The lowest BCUT2D eigenvalue weighted by Gasteiger charge is -2.10. The molecule has 2 heterocycles. The van der Waals surface area contributed by atoms with Gasteiger partial charge in [0.1, 0.15) is 5.52 Å². The first-order valence-corrected chi connectivity index (χ1v) is 8.20. The molecule has 0 atom stereocenters. The van der Waals surface area contributed by atoms with Crippen LogP contribution in [-0.4, -0.2) is 38.9 Å². The minimum absolute atomic E-state index is 0.0299. The van der Waals surface area contributed by atoms with E-state index in [2.05, 4.69) is 46.5 Å². The summed E-state index contributed by atoms with van der Waals surface area (Å²) in [5.74, 6) is -1.60. The number of rotatable bonds is 5. The van der Waals surface area contributed by atoms with Crippen molar-refractivity contribution in [3.63, 3.8) is 0 Å². The molecule has 3 aromatic rings. The topological polar surface area (TPSA) is 95.6 Å². The Morgan fingerprint density at radius 2 is 1.88 bits per heavy atom. The van der Waals surface area contributed by atoms with Gasteiger partial charge in [0.15, 0.2) is 11.5 Å². The Morgan fingerprint density at radius 3 is 2.58 bits per heavy atom. The number of H-pyrrole nitrogens is 1. The Labute approximate surface area is 153 Å². The predicted molar refractivity (Wildman–Crippen MR) is 91.7 cm³/mol. The lowest BCUT2D eigenvalue weighted by Crippen LogP contribution is -2.29. The van der Waals surface area contributed by atoms with Gasteiger partial charge in [0.25, 0.3) is 5.91 Å². The van der Waals surface area contributed by atoms with Gasteiger partial charge in [-0.25, -0.2) is 15.0 Å². The van der Waals surface area contributed by atoms with Gasteiger partial charge in [0, 0.05) is 23.1 Å². The minimum Gasteiger partial charge on any atom is -0.366 e. The highest BCUT2D eigenvalue weighted by atomic mass is 79.9. The molecule has 0 radical (unpaired) electrons. The number of amides is 1. The molecule has 0 aliphatic heterocycles. The number of carbonyl (C=O) groups excluding carboxylic acids is 1. The summed E-state index contributed by atoms with van der Waals surface area (Å²) in [5, 5.41) is 5.42. The monoisotopic (exact) mass is 428 g/mol. The van der Waals surface area contributed by atoms with Gasteiger partial charge in [0.2, 0.25) is 5.82 Å². The van der Waals surface area contributed by atoms with E-state index in [1.54, 1.807) is 24.3 Å². The Kier molecular flexibility index (Phi) is 5.07. The molecule has 0 saturated heterocycles. The van der Waals surface area contributed by atoms with E-state index < -0.39 is 12.0 Å². The predicted octanol–water partition coefficient (Wildman–Crippen LogP) is 2.98. The average molecular weight is 429 g/mol. The van der Waals surface area contributed by atoms with Gasteiger partial charge in [0.05, 0.1) is 6.33 Å².